The van der Waals surface area contributed by atoms with Crippen molar-refractivity contribution in [2.24, 2.45) is 5.73 Å². The fourth-order valence-corrected chi connectivity index (χ4v) is 17.8. The van der Waals surface area contributed by atoms with Crippen molar-refractivity contribution in [3.8, 4) is 0 Å². The average molecular weight is 624 g/mol. The Morgan fingerprint density at radius 1 is 1.39 bits per heavy atom. The molecule has 6 nitrogen and oxygen atoms in total. The van der Waals surface area contributed by atoms with Crippen molar-refractivity contribution in [2.45, 2.75) is 67.1 Å². The fraction of sp³-hybridized carbons (Fsp3) is 0.900. The van der Waals surface area contributed by atoms with E-state index in [-0.39, 0.29) is 21.2 Å². The topological polar surface area (TPSA) is 74.6 Å². The van der Waals surface area contributed by atoms with Gasteiger partial charge >= 0.3 is 192 Å². The summed E-state index contributed by atoms with van der Waals surface area (Å²) >= 11 is -0.668. The van der Waals surface area contributed by atoms with Crippen molar-refractivity contribution in [2.75, 3.05) is 40.5 Å². The second-order valence-corrected chi connectivity index (χ2v) is 21.1. The third kappa shape index (κ3) is 10.7. The molecule has 0 bridgehead atoms. The Labute approximate surface area is 191 Å². The van der Waals surface area contributed by atoms with Crippen molar-refractivity contribution in [3.63, 3.8) is 0 Å². The van der Waals surface area contributed by atoms with Gasteiger partial charge in [0.2, 0.25) is 0 Å². The molecule has 0 aromatic heterocycles. The molecule has 0 radical (unpaired) electrons. The molecule has 1 aliphatic heterocycles. The van der Waals surface area contributed by atoms with Crippen LogP contribution < -0.4 is 42.9 Å². The molecule has 28 heavy (non-hydrogen) atoms. The Morgan fingerprint density at radius 2 is 2.11 bits per heavy atom. The number of rotatable bonds is 12. The van der Waals surface area contributed by atoms with Gasteiger partial charge in [-0.1, -0.05) is 0 Å². The van der Waals surface area contributed by atoms with Crippen LogP contribution in [0.1, 0.15) is 41.5 Å². The third-order valence-electron chi connectivity index (χ3n) is 4.74. The maximum absolute atomic E-state index is 6.39. The second-order valence-electron chi connectivity index (χ2n) is 8.07. The normalized spacial score (nSPS) is 23.7. The van der Waals surface area contributed by atoms with Crippen LogP contribution >= 0.6 is 19.8 Å². The molecule has 170 valence electrons. The molecule has 1 aliphatic rings. The minimum absolute atomic E-state index is 0.177. The third-order valence-corrected chi connectivity index (χ3v) is 20.6. The van der Waals surface area contributed by atoms with E-state index in [4.69, 9.17) is 10.5 Å². The van der Waals surface area contributed by atoms with Gasteiger partial charge in [-0.3, -0.25) is 0 Å². The number of halogens is 2. The molecular formula is C20H44I2N5O-. The first kappa shape index (κ1) is 26.8. The molecule has 0 aromatic rings. The zero-order valence-corrected chi connectivity index (χ0v) is 23.2. The molecule has 1 rings (SSSR count). The van der Waals surface area contributed by atoms with E-state index in [0.29, 0.717) is 25.5 Å². The van der Waals surface area contributed by atoms with Gasteiger partial charge in [-0.15, -0.1) is 0 Å². The number of ether oxygens (including phenoxy) is 1. The van der Waals surface area contributed by atoms with Crippen LogP contribution in [-0.2, 0) is 4.74 Å². The number of nitrogens with one attached hydrogen (secondary N) is 3. The van der Waals surface area contributed by atoms with E-state index in [2.05, 4.69) is 72.7 Å². The Kier molecular flexibility index (Phi) is 13.4. The second kappa shape index (κ2) is 14.0. The molecule has 8 heteroatoms. The fourth-order valence-electron chi connectivity index (χ4n) is 3.00. The molecule has 0 amide bonds. The molecule has 0 saturated carbocycles. The quantitative estimate of drug-likeness (QED) is 0.126. The Bertz CT molecular complexity index is 450. The van der Waals surface area contributed by atoms with Gasteiger partial charge in [0.05, 0.1) is 0 Å². The zero-order valence-electron chi connectivity index (χ0n) is 18.9. The minimum atomic E-state index is -0.846. The summed E-state index contributed by atoms with van der Waals surface area (Å²) < 4.78 is 8.90. The molecule has 1 saturated heterocycles. The standard InChI is InChI=1S/C20H44I2N5O/c1-8-24-11-17(4)22(7)13-21-18(5)19-12-25-14-28-15-27(19)10-9-20(6,23)26-16(2)3/h9-10,16-19,24-26H,8,11-15,23H2,1-7H3/q-1/b10-9+/t17-,18?,19?,20+/m1/s1. The van der Waals surface area contributed by atoms with Gasteiger partial charge in [-0.2, -0.15) is 0 Å². The van der Waals surface area contributed by atoms with Crippen LogP contribution in [0.3, 0.4) is 0 Å². The number of nitrogens with two attached hydrogens (primary N) is 1. The molecule has 0 spiro atoms. The van der Waals surface area contributed by atoms with Crippen LogP contribution in [0.4, 0.5) is 0 Å². The van der Waals surface area contributed by atoms with Gasteiger partial charge in [-0.05, 0) is 0 Å². The number of hydrogen-bond acceptors (Lipinski definition) is 6. The summed E-state index contributed by atoms with van der Waals surface area (Å²) in [4.78, 5) is 4.93. The number of hydrogen-bond donors (Lipinski definition) is 4. The molecule has 5 N–H and O–H groups in total. The molecular weight excluding hydrogens is 580 g/mol. The van der Waals surface area contributed by atoms with Crippen LogP contribution in [-0.4, -0.2) is 71.0 Å². The average Bonchev–Trinajstić information content (AvgIpc) is 2.86. The predicted octanol–water partition coefficient (Wildman–Crippen LogP) is -1.05. The van der Waals surface area contributed by atoms with Crippen LogP contribution in [0.25, 0.3) is 0 Å². The van der Waals surface area contributed by atoms with Crippen molar-refractivity contribution < 1.29 is 25.9 Å². The van der Waals surface area contributed by atoms with E-state index in [0.717, 1.165) is 20.9 Å². The summed E-state index contributed by atoms with van der Waals surface area (Å²) in [7, 11) is 0. The molecule has 4 atom stereocenters. The van der Waals surface area contributed by atoms with E-state index < -0.39 is 25.5 Å². The number of alkyl halides is 5. The van der Waals surface area contributed by atoms with E-state index >= 15 is 0 Å². The van der Waals surface area contributed by atoms with Gasteiger partial charge < -0.3 is 0 Å². The van der Waals surface area contributed by atoms with Crippen LogP contribution in [0.15, 0.2) is 12.3 Å². The number of nitrogens with zero attached hydrogens (tertiary/aromatic N) is 1. The molecule has 1 fully saturated rings. The maximum atomic E-state index is 6.39. The van der Waals surface area contributed by atoms with E-state index in [1.165, 1.54) is 8.98 Å². The summed E-state index contributed by atoms with van der Waals surface area (Å²) in [6.07, 6.45) is 4.24. The summed E-state index contributed by atoms with van der Waals surface area (Å²) in [6.45, 7) is 17.9. The summed E-state index contributed by atoms with van der Waals surface area (Å²) in [5, 5.41) is 10.4. The summed E-state index contributed by atoms with van der Waals surface area (Å²) in [5.74, 6) is 0. The molecule has 0 aliphatic carbocycles. The predicted molar refractivity (Wildman–Crippen MR) is 127 cm³/mol. The Hall–Kier alpha value is 0.800. The Morgan fingerprint density at radius 3 is 2.75 bits per heavy atom. The van der Waals surface area contributed by atoms with Gasteiger partial charge in [0.25, 0.3) is 0 Å². The van der Waals surface area contributed by atoms with Crippen LogP contribution in [0, 0.1) is 0 Å². The first-order valence-corrected chi connectivity index (χ1v) is 18.0. The summed E-state index contributed by atoms with van der Waals surface area (Å²) in [5.41, 5.74) is 5.88. The molecule has 0 aromatic carbocycles. The van der Waals surface area contributed by atoms with Crippen molar-refractivity contribution in [1.29, 1.82) is 0 Å². The van der Waals surface area contributed by atoms with Gasteiger partial charge in [0, 0.05) is 0 Å². The monoisotopic (exact) mass is 624 g/mol. The van der Waals surface area contributed by atoms with E-state index in [9.17, 15) is 0 Å². The molecule has 2 unspecified atom stereocenters. The summed E-state index contributed by atoms with van der Waals surface area (Å²) in [6, 6.07) is 0.827. The van der Waals surface area contributed by atoms with Crippen molar-refractivity contribution in [3.05, 3.63) is 12.3 Å². The van der Waals surface area contributed by atoms with Crippen molar-refractivity contribution >= 4 is 19.8 Å². The SMILES string of the molecule is CCNC[C@@H](C)I(C)C[I-]C(C)C1CNCOCN1/C=C/[C@@](C)(N)NC(C)C. The first-order valence-electron chi connectivity index (χ1n) is 10.3. The zero-order chi connectivity index (χ0) is 21.2. The van der Waals surface area contributed by atoms with Crippen molar-refractivity contribution in [1.82, 2.24) is 20.9 Å². The van der Waals surface area contributed by atoms with Gasteiger partial charge in [0.15, 0.2) is 0 Å². The van der Waals surface area contributed by atoms with E-state index in [1.54, 1.807) is 0 Å². The van der Waals surface area contributed by atoms with E-state index in [1.807, 2.05) is 6.92 Å². The van der Waals surface area contributed by atoms with Crippen LogP contribution in [0.5, 0.6) is 0 Å². The molecule has 1 heterocycles. The Balaban J connectivity index is 2.67. The van der Waals surface area contributed by atoms with Gasteiger partial charge in [0.1, 0.15) is 0 Å². The first-order chi connectivity index (χ1) is 13.2. The van der Waals surface area contributed by atoms with Crippen LogP contribution in [0.2, 0.25) is 0 Å². The van der Waals surface area contributed by atoms with Gasteiger partial charge in [-0.25, -0.2) is 0 Å².